The molecule has 0 atom stereocenters. The number of rotatable bonds is 5. The van der Waals surface area contributed by atoms with Crippen molar-refractivity contribution in [2.45, 2.75) is 13.5 Å². The van der Waals surface area contributed by atoms with E-state index in [9.17, 15) is 8.42 Å². The monoisotopic (exact) mass is 277 g/mol. The fourth-order valence-electron chi connectivity index (χ4n) is 1.51. The molecule has 0 radical (unpaired) electrons. The summed E-state index contributed by atoms with van der Waals surface area (Å²) in [5.41, 5.74) is 2.57. The fourth-order valence-corrected chi connectivity index (χ4v) is 2.10. The van der Waals surface area contributed by atoms with Crippen LogP contribution < -0.4 is 4.72 Å². The Morgan fingerprint density at radius 1 is 1.21 bits per heavy atom. The third kappa shape index (κ3) is 3.84. The number of nitrogens with one attached hydrogen (secondary N) is 1. The lowest BCUT2D eigenvalue weighted by molar-refractivity contribution is 0.582. The molecular weight excluding hydrogens is 262 g/mol. The molecule has 0 bridgehead atoms. The highest BCUT2D eigenvalue weighted by molar-refractivity contribution is 7.89. The SMILES string of the molecule is CCS(=O)(=O)NCc1ccc(-c2cccnc2)nc1. The molecule has 0 saturated carbocycles. The predicted octanol–water partition coefficient (Wildman–Crippen LogP) is 1.58. The Kier molecular flexibility index (Phi) is 4.24. The average Bonchev–Trinajstić information content (AvgIpc) is 2.47. The van der Waals surface area contributed by atoms with Crippen LogP contribution in [0.25, 0.3) is 11.3 Å². The zero-order valence-corrected chi connectivity index (χ0v) is 11.4. The van der Waals surface area contributed by atoms with Gasteiger partial charge in [0.2, 0.25) is 10.0 Å². The van der Waals surface area contributed by atoms with E-state index in [-0.39, 0.29) is 12.3 Å². The van der Waals surface area contributed by atoms with Crippen molar-refractivity contribution in [3.63, 3.8) is 0 Å². The summed E-state index contributed by atoms with van der Waals surface area (Å²) in [7, 11) is -3.17. The quantitative estimate of drug-likeness (QED) is 0.900. The van der Waals surface area contributed by atoms with E-state index in [0.29, 0.717) is 0 Å². The van der Waals surface area contributed by atoms with Gasteiger partial charge in [-0.15, -0.1) is 0 Å². The highest BCUT2D eigenvalue weighted by Gasteiger charge is 2.06. The summed E-state index contributed by atoms with van der Waals surface area (Å²) in [5.74, 6) is 0.0776. The molecule has 0 saturated heterocycles. The first kappa shape index (κ1) is 13.6. The van der Waals surface area contributed by atoms with Gasteiger partial charge in [-0.25, -0.2) is 13.1 Å². The Morgan fingerprint density at radius 2 is 2.05 bits per heavy atom. The Morgan fingerprint density at radius 3 is 2.63 bits per heavy atom. The minimum absolute atomic E-state index is 0.0776. The molecule has 0 spiro atoms. The molecule has 2 aromatic rings. The molecule has 0 amide bonds. The third-order valence-corrected chi connectivity index (χ3v) is 4.00. The first-order valence-electron chi connectivity index (χ1n) is 5.93. The molecule has 2 heterocycles. The normalized spacial score (nSPS) is 11.4. The van der Waals surface area contributed by atoms with Gasteiger partial charge in [0.25, 0.3) is 0 Å². The molecular formula is C13H15N3O2S. The Balaban J connectivity index is 2.07. The van der Waals surface area contributed by atoms with Crippen LogP contribution in [-0.4, -0.2) is 24.1 Å². The molecule has 0 aromatic carbocycles. The van der Waals surface area contributed by atoms with Crippen LogP contribution >= 0.6 is 0 Å². The van der Waals surface area contributed by atoms with Gasteiger partial charge in [-0.05, 0) is 30.7 Å². The van der Waals surface area contributed by atoms with Gasteiger partial charge in [-0.3, -0.25) is 9.97 Å². The van der Waals surface area contributed by atoms with Crippen molar-refractivity contribution in [1.29, 1.82) is 0 Å². The van der Waals surface area contributed by atoms with Crippen LogP contribution in [0.15, 0.2) is 42.9 Å². The molecule has 100 valence electrons. The minimum atomic E-state index is -3.17. The zero-order valence-electron chi connectivity index (χ0n) is 10.6. The van der Waals surface area contributed by atoms with Crippen LogP contribution in [0.2, 0.25) is 0 Å². The Bertz CT molecular complexity index is 625. The summed E-state index contributed by atoms with van der Waals surface area (Å²) in [5, 5.41) is 0. The first-order chi connectivity index (χ1) is 9.11. The molecule has 0 fully saturated rings. The summed E-state index contributed by atoms with van der Waals surface area (Å²) in [6.45, 7) is 1.86. The van der Waals surface area contributed by atoms with E-state index in [0.717, 1.165) is 16.8 Å². The van der Waals surface area contributed by atoms with Crippen molar-refractivity contribution in [1.82, 2.24) is 14.7 Å². The van der Waals surface area contributed by atoms with E-state index >= 15 is 0 Å². The number of nitrogens with zero attached hydrogens (tertiary/aromatic N) is 2. The molecule has 0 aliphatic rings. The van der Waals surface area contributed by atoms with Gasteiger partial charge in [0, 0.05) is 30.7 Å². The molecule has 6 heteroatoms. The second-order valence-electron chi connectivity index (χ2n) is 4.02. The molecule has 0 aliphatic carbocycles. The Labute approximate surface area is 112 Å². The zero-order chi connectivity index (χ0) is 13.7. The van der Waals surface area contributed by atoms with Crippen molar-refractivity contribution in [3.05, 3.63) is 48.4 Å². The fraction of sp³-hybridized carbons (Fsp3) is 0.231. The lowest BCUT2D eigenvalue weighted by Gasteiger charge is -2.05. The lowest BCUT2D eigenvalue weighted by Crippen LogP contribution is -2.24. The summed E-state index contributed by atoms with van der Waals surface area (Å²) >= 11 is 0. The van der Waals surface area contributed by atoms with Crippen LogP contribution in [0.1, 0.15) is 12.5 Å². The van der Waals surface area contributed by atoms with Crippen LogP contribution in [0.3, 0.4) is 0 Å². The van der Waals surface area contributed by atoms with Crippen LogP contribution in [-0.2, 0) is 16.6 Å². The van der Waals surface area contributed by atoms with E-state index in [1.165, 1.54) is 0 Å². The van der Waals surface area contributed by atoms with Gasteiger partial charge in [0.1, 0.15) is 0 Å². The van der Waals surface area contributed by atoms with E-state index in [1.807, 2.05) is 24.3 Å². The van der Waals surface area contributed by atoms with Crippen LogP contribution in [0.5, 0.6) is 0 Å². The number of pyridine rings is 2. The van der Waals surface area contributed by atoms with E-state index in [2.05, 4.69) is 14.7 Å². The highest BCUT2D eigenvalue weighted by atomic mass is 32.2. The van der Waals surface area contributed by atoms with Gasteiger partial charge < -0.3 is 0 Å². The summed E-state index contributed by atoms with van der Waals surface area (Å²) in [4.78, 5) is 8.33. The molecule has 5 nitrogen and oxygen atoms in total. The van der Waals surface area contributed by atoms with Crippen molar-refractivity contribution >= 4 is 10.0 Å². The molecule has 19 heavy (non-hydrogen) atoms. The number of aromatic nitrogens is 2. The molecule has 2 rings (SSSR count). The number of hydrogen-bond donors (Lipinski definition) is 1. The van der Waals surface area contributed by atoms with Crippen molar-refractivity contribution in [2.75, 3.05) is 5.75 Å². The van der Waals surface area contributed by atoms with Crippen LogP contribution in [0, 0.1) is 0 Å². The van der Waals surface area contributed by atoms with E-state index < -0.39 is 10.0 Å². The van der Waals surface area contributed by atoms with Crippen molar-refractivity contribution < 1.29 is 8.42 Å². The molecule has 0 aliphatic heterocycles. The summed E-state index contributed by atoms with van der Waals surface area (Å²) < 4.78 is 25.1. The second kappa shape index (κ2) is 5.90. The average molecular weight is 277 g/mol. The summed E-state index contributed by atoms with van der Waals surface area (Å²) in [6, 6.07) is 7.48. The standard InChI is InChI=1S/C13H15N3O2S/c1-2-19(17,18)16-9-11-5-6-13(15-8-11)12-4-3-7-14-10-12/h3-8,10,16H,2,9H2,1H3. The lowest BCUT2D eigenvalue weighted by atomic mass is 10.1. The second-order valence-corrected chi connectivity index (χ2v) is 6.11. The van der Waals surface area contributed by atoms with Gasteiger partial charge in [0.15, 0.2) is 0 Å². The van der Waals surface area contributed by atoms with Crippen molar-refractivity contribution in [3.8, 4) is 11.3 Å². The van der Waals surface area contributed by atoms with Gasteiger partial charge >= 0.3 is 0 Å². The number of sulfonamides is 1. The number of hydrogen-bond acceptors (Lipinski definition) is 4. The van der Waals surface area contributed by atoms with Crippen LogP contribution in [0.4, 0.5) is 0 Å². The van der Waals surface area contributed by atoms with E-state index in [1.54, 1.807) is 25.5 Å². The maximum atomic E-state index is 11.3. The molecule has 1 N–H and O–H groups in total. The highest BCUT2D eigenvalue weighted by Crippen LogP contribution is 2.15. The van der Waals surface area contributed by atoms with Gasteiger partial charge in [0.05, 0.1) is 11.4 Å². The summed E-state index contributed by atoms with van der Waals surface area (Å²) in [6.07, 6.45) is 5.11. The minimum Gasteiger partial charge on any atom is -0.264 e. The Hall–Kier alpha value is -1.79. The van der Waals surface area contributed by atoms with E-state index in [4.69, 9.17) is 0 Å². The molecule has 0 unspecified atom stereocenters. The maximum absolute atomic E-state index is 11.3. The van der Waals surface area contributed by atoms with Gasteiger partial charge in [-0.1, -0.05) is 6.07 Å². The third-order valence-electron chi connectivity index (χ3n) is 2.66. The molecule has 2 aromatic heterocycles. The smallest absolute Gasteiger partial charge is 0.211 e. The first-order valence-corrected chi connectivity index (χ1v) is 7.58. The largest absolute Gasteiger partial charge is 0.264 e. The van der Waals surface area contributed by atoms with Gasteiger partial charge in [-0.2, -0.15) is 0 Å². The predicted molar refractivity (Wildman–Crippen MR) is 73.8 cm³/mol. The van der Waals surface area contributed by atoms with Crippen molar-refractivity contribution in [2.24, 2.45) is 0 Å². The topological polar surface area (TPSA) is 72.0 Å². The maximum Gasteiger partial charge on any atom is 0.211 e.